The highest BCUT2D eigenvalue weighted by atomic mass is 19.1. The van der Waals surface area contributed by atoms with Gasteiger partial charge in [-0.3, -0.25) is 0 Å². The van der Waals surface area contributed by atoms with Crippen molar-refractivity contribution in [3.63, 3.8) is 0 Å². The number of hydrogen-bond acceptors (Lipinski definition) is 4. The van der Waals surface area contributed by atoms with Gasteiger partial charge in [0.1, 0.15) is 0 Å². The smallest absolute Gasteiger partial charge is 0.223 e. The largest absolute Gasteiger partial charge is 0.350 e. The molecule has 1 fully saturated rings. The SMILES string of the molecule is NC1CCCCCC1Nc1ncc(F)cn1. The van der Waals surface area contributed by atoms with E-state index in [9.17, 15) is 4.39 Å². The summed E-state index contributed by atoms with van der Waals surface area (Å²) in [6, 6.07) is 0.337. The maximum Gasteiger partial charge on any atom is 0.223 e. The molecule has 1 aromatic heterocycles. The third-order valence-corrected chi connectivity index (χ3v) is 3.00. The second-order valence-corrected chi connectivity index (χ2v) is 4.28. The number of halogens is 1. The predicted octanol–water partition coefficient (Wildman–Crippen LogP) is 1.69. The van der Waals surface area contributed by atoms with Crippen LogP contribution < -0.4 is 11.1 Å². The van der Waals surface area contributed by atoms with E-state index in [-0.39, 0.29) is 12.1 Å². The van der Waals surface area contributed by atoms with Gasteiger partial charge >= 0.3 is 0 Å². The predicted molar refractivity (Wildman–Crippen MR) is 60.5 cm³/mol. The van der Waals surface area contributed by atoms with Crippen molar-refractivity contribution in [3.05, 3.63) is 18.2 Å². The maximum atomic E-state index is 12.6. The normalized spacial score (nSPS) is 26.1. The fourth-order valence-corrected chi connectivity index (χ4v) is 2.07. The van der Waals surface area contributed by atoms with Crippen molar-refractivity contribution >= 4 is 5.95 Å². The highest BCUT2D eigenvalue weighted by Gasteiger charge is 2.20. The average Bonchev–Trinajstić information content (AvgIpc) is 2.48. The Balaban J connectivity index is 1.99. The van der Waals surface area contributed by atoms with Gasteiger partial charge in [-0.05, 0) is 12.8 Å². The molecule has 1 heterocycles. The highest BCUT2D eigenvalue weighted by molar-refractivity contribution is 5.25. The summed E-state index contributed by atoms with van der Waals surface area (Å²) >= 11 is 0. The quantitative estimate of drug-likeness (QED) is 0.750. The van der Waals surface area contributed by atoms with Gasteiger partial charge in [0.2, 0.25) is 5.95 Å². The fourth-order valence-electron chi connectivity index (χ4n) is 2.07. The molecule has 2 unspecified atom stereocenters. The van der Waals surface area contributed by atoms with Gasteiger partial charge in [-0.25, -0.2) is 14.4 Å². The molecule has 5 heteroatoms. The van der Waals surface area contributed by atoms with Gasteiger partial charge in [-0.1, -0.05) is 19.3 Å². The van der Waals surface area contributed by atoms with Crippen molar-refractivity contribution in [2.24, 2.45) is 5.73 Å². The molecule has 0 radical (unpaired) electrons. The molecular weight excluding hydrogens is 207 g/mol. The summed E-state index contributed by atoms with van der Waals surface area (Å²) in [4.78, 5) is 7.77. The minimum Gasteiger partial charge on any atom is -0.350 e. The lowest BCUT2D eigenvalue weighted by atomic mass is 10.0. The number of nitrogens with one attached hydrogen (secondary N) is 1. The van der Waals surface area contributed by atoms with Crippen molar-refractivity contribution in [1.29, 1.82) is 0 Å². The van der Waals surface area contributed by atoms with Gasteiger partial charge in [-0.15, -0.1) is 0 Å². The van der Waals surface area contributed by atoms with E-state index >= 15 is 0 Å². The minimum absolute atomic E-state index is 0.135. The van der Waals surface area contributed by atoms with Crippen molar-refractivity contribution in [1.82, 2.24) is 9.97 Å². The molecule has 1 aliphatic rings. The van der Waals surface area contributed by atoms with Gasteiger partial charge in [0.25, 0.3) is 0 Å². The fraction of sp³-hybridized carbons (Fsp3) is 0.636. The lowest BCUT2D eigenvalue weighted by Gasteiger charge is -2.22. The van der Waals surface area contributed by atoms with E-state index in [1.807, 2.05) is 0 Å². The molecular formula is C11H17FN4. The molecule has 0 saturated heterocycles. The lowest BCUT2D eigenvalue weighted by molar-refractivity contribution is 0.524. The van der Waals surface area contributed by atoms with E-state index in [4.69, 9.17) is 5.73 Å². The number of rotatable bonds is 2. The number of anilines is 1. The Labute approximate surface area is 94.5 Å². The van der Waals surface area contributed by atoms with Crippen LogP contribution in [-0.4, -0.2) is 22.1 Å². The molecule has 1 saturated carbocycles. The van der Waals surface area contributed by atoms with E-state index in [1.54, 1.807) is 0 Å². The van der Waals surface area contributed by atoms with Crippen LogP contribution in [-0.2, 0) is 0 Å². The monoisotopic (exact) mass is 224 g/mol. The summed E-state index contributed by atoms with van der Waals surface area (Å²) in [5, 5.41) is 3.18. The molecule has 2 rings (SSSR count). The number of aromatic nitrogens is 2. The molecule has 4 nitrogen and oxygen atoms in total. The summed E-state index contributed by atoms with van der Waals surface area (Å²) in [7, 11) is 0. The van der Waals surface area contributed by atoms with Crippen molar-refractivity contribution < 1.29 is 4.39 Å². The molecule has 0 amide bonds. The first-order valence-electron chi connectivity index (χ1n) is 5.75. The van der Waals surface area contributed by atoms with E-state index in [2.05, 4.69) is 15.3 Å². The summed E-state index contributed by atoms with van der Waals surface area (Å²) in [5.74, 6) is 0.0412. The Hall–Kier alpha value is -1.23. The van der Waals surface area contributed by atoms with Crippen LogP contribution in [0, 0.1) is 5.82 Å². The third-order valence-electron chi connectivity index (χ3n) is 3.00. The molecule has 88 valence electrons. The van der Waals surface area contributed by atoms with Crippen molar-refractivity contribution in [2.45, 2.75) is 44.2 Å². The van der Waals surface area contributed by atoms with Crippen LogP contribution in [0.2, 0.25) is 0 Å². The first-order chi connectivity index (χ1) is 7.75. The standard InChI is InChI=1S/C11H17FN4/c12-8-6-14-11(15-7-8)16-10-5-3-1-2-4-9(10)13/h6-7,9-10H,1-5,13H2,(H,14,15,16). The van der Waals surface area contributed by atoms with Crippen LogP contribution in [0.3, 0.4) is 0 Å². The van der Waals surface area contributed by atoms with Gasteiger partial charge in [0.05, 0.1) is 12.4 Å². The van der Waals surface area contributed by atoms with Gasteiger partial charge in [0, 0.05) is 12.1 Å². The summed E-state index contributed by atoms with van der Waals surface area (Å²) in [5.41, 5.74) is 6.06. The zero-order valence-electron chi connectivity index (χ0n) is 9.19. The van der Waals surface area contributed by atoms with Gasteiger partial charge < -0.3 is 11.1 Å². The van der Waals surface area contributed by atoms with Crippen LogP contribution in [0.25, 0.3) is 0 Å². The highest BCUT2D eigenvalue weighted by Crippen LogP contribution is 2.19. The molecule has 1 aromatic rings. The Morgan fingerprint density at radius 2 is 1.88 bits per heavy atom. The molecule has 16 heavy (non-hydrogen) atoms. The molecule has 0 spiro atoms. The van der Waals surface area contributed by atoms with Crippen LogP contribution in [0.15, 0.2) is 12.4 Å². The first-order valence-corrected chi connectivity index (χ1v) is 5.75. The molecule has 1 aliphatic carbocycles. The number of hydrogen-bond donors (Lipinski definition) is 2. The lowest BCUT2D eigenvalue weighted by Crippen LogP contribution is -2.39. The van der Waals surface area contributed by atoms with Crippen LogP contribution >= 0.6 is 0 Å². The first kappa shape index (κ1) is 11.3. The van der Waals surface area contributed by atoms with Crippen molar-refractivity contribution in [2.75, 3.05) is 5.32 Å². The third kappa shape index (κ3) is 2.88. The van der Waals surface area contributed by atoms with Crippen LogP contribution in [0.4, 0.5) is 10.3 Å². The van der Waals surface area contributed by atoms with E-state index in [0.717, 1.165) is 25.2 Å². The Bertz CT molecular complexity index is 327. The maximum absolute atomic E-state index is 12.6. The Morgan fingerprint density at radius 3 is 2.62 bits per heavy atom. The van der Waals surface area contributed by atoms with Gasteiger partial charge in [0.15, 0.2) is 5.82 Å². The van der Waals surface area contributed by atoms with Crippen LogP contribution in [0.1, 0.15) is 32.1 Å². The molecule has 3 N–H and O–H groups in total. The zero-order valence-corrected chi connectivity index (χ0v) is 9.19. The second-order valence-electron chi connectivity index (χ2n) is 4.28. The summed E-state index contributed by atoms with van der Waals surface area (Å²) < 4.78 is 12.6. The molecule has 0 aromatic carbocycles. The number of nitrogens with two attached hydrogens (primary N) is 1. The summed E-state index contributed by atoms with van der Waals surface area (Å²) in [6.45, 7) is 0. The Morgan fingerprint density at radius 1 is 1.19 bits per heavy atom. The van der Waals surface area contributed by atoms with E-state index in [1.165, 1.54) is 19.3 Å². The molecule has 0 aliphatic heterocycles. The molecule has 2 atom stereocenters. The minimum atomic E-state index is -0.421. The zero-order chi connectivity index (χ0) is 11.4. The summed E-state index contributed by atoms with van der Waals surface area (Å²) in [6.07, 6.45) is 7.97. The van der Waals surface area contributed by atoms with E-state index < -0.39 is 5.82 Å². The van der Waals surface area contributed by atoms with E-state index in [0.29, 0.717) is 5.95 Å². The second kappa shape index (κ2) is 5.21. The average molecular weight is 224 g/mol. The molecule has 0 bridgehead atoms. The topological polar surface area (TPSA) is 63.8 Å². The van der Waals surface area contributed by atoms with Gasteiger partial charge in [-0.2, -0.15) is 0 Å². The number of nitrogens with zero attached hydrogens (tertiary/aromatic N) is 2. The Kier molecular flexibility index (Phi) is 3.66. The van der Waals surface area contributed by atoms with Crippen LogP contribution in [0.5, 0.6) is 0 Å². The van der Waals surface area contributed by atoms with Crippen molar-refractivity contribution in [3.8, 4) is 0 Å².